The van der Waals surface area contributed by atoms with Crippen LogP contribution in [-0.2, 0) is 0 Å². The Morgan fingerprint density at radius 3 is 2.84 bits per heavy atom. The first-order valence-electron chi connectivity index (χ1n) is 6.53. The standard InChI is InChI=1S/C14H21N3OS/c1-16(2)14(18)11-4-5-12(15)13(10-11)17-6-3-8-19-9-7-17/h4-5,10H,3,6-9,15H2,1-2H3. The van der Waals surface area contributed by atoms with E-state index < -0.39 is 0 Å². The molecule has 0 saturated carbocycles. The van der Waals surface area contributed by atoms with Gasteiger partial charge in [0.1, 0.15) is 0 Å². The zero-order valence-electron chi connectivity index (χ0n) is 11.6. The summed E-state index contributed by atoms with van der Waals surface area (Å²) in [6.45, 7) is 2.01. The Hall–Kier alpha value is -1.36. The van der Waals surface area contributed by atoms with Crippen molar-refractivity contribution in [3.8, 4) is 0 Å². The summed E-state index contributed by atoms with van der Waals surface area (Å²) in [5.41, 5.74) is 8.52. The maximum absolute atomic E-state index is 12.0. The molecular weight excluding hydrogens is 258 g/mol. The van der Waals surface area contributed by atoms with Crippen LogP contribution in [0.4, 0.5) is 11.4 Å². The maximum Gasteiger partial charge on any atom is 0.253 e. The van der Waals surface area contributed by atoms with Crippen molar-refractivity contribution in [2.45, 2.75) is 6.42 Å². The third-order valence-electron chi connectivity index (χ3n) is 3.25. The smallest absolute Gasteiger partial charge is 0.253 e. The number of amides is 1. The zero-order valence-corrected chi connectivity index (χ0v) is 12.4. The lowest BCUT2D eigenvalue weighted by Crippen LogP contribution is -2.27. The van der Waals surface area contributed by atoms with E-state index in [9.17, 15) is 4.79 Å². The van der Waals surface area contributed by atoms with E-state index in [4.69, 9.17) is 5.73 Å². The van der Waals surface area contributed by atoms with Gasteiger partial charge in [-0.2, -0.15) is 11.8 Å². The molecule has 1 heterocycles. The van der Waals surface area contributed by atoms with E-state index in [0.29, 0.717) is 5.56 Å². The summed E-state index contributed by atoms with van der Waals surface area (Å²) in [5.74, 6) is 2.34. The Bertz CT molecular complexity index is 454. The fourth-order valence-electron chi connectivity index (χ4n) is 2.20. The van der Waals surface area contributed by atoms with Gasteiger partial charge in [-0.3, -0.25) is 4.79 Å². The van der Waals surface area contributed by atoms with Crippen molar-refractivity contribution in [2.24, 2.45) is 0 Å². The van der Waals surface area contributed by atoms with Crippen LogP contribution < -0.4 is 10.6 Å². The lowest BCUT2D eigenvalue weighted by Gasteiger charge is -2.24. The molecule has 4 nitrogen and oxygen atoms in total. The number of carbonyl (C=O) groups excluding carboxylic acids is 1. The molecular formula is C14H21N3OS. The molecule has 0 radical (unpaired) electrons. The van der Waals surface area contributed by atoms with E-state index in [1.807, 2.05) is 23.9 Å². The molecule has 2 N–H and O–H groups in total. The van der Waals surface area contributed by atoms with E-state index in [1.54, 1.807) is 25.1 Å². The number of nitrogens with two attached hydrogens (primary N) is 1. The summed E-state index contributed by atoms with van der Waals surface area (Å²) in [6, 6.07) is 5.56. The average molecular weight is 279 g/mol. The predicted molar refractivity (Wildman–Crippen MR) is 83.0 cm³/mol. The first-order valence-corrected chi connectivity index (χ1v) is 7.69. The van der Waals surface area contributed by atoms with Crippen LogP contribution >= 0.6 is 11.8 Å². The van der Waals surface area contributed by atoms with Gasteiger partial charge in [-0.25, -0.2) is 0 Å². The molecule has 0 aliphatic carbocycles. The van der Waals surface area contributed by atoms with E-state index in [-0.39, 0.29) is 5.91 Å². The van der Waals surface area contributed by atoms with Gasteiger partial charge in [0, 0.05) is 38.5 Å². The highest BCUT2D eigenvalue weighted by molar-refractivity contribution is 7.99. The first-order chi connectivity index (χ1) is 9.09. The lowest BCUT2D eigenvalue weighted by molar-refractivity contribution is 0.0827. The van der Waals surface area contributed by atoms with Crippen LogP contribution in [0, 0.1) is 0 Å². The van der Waals surface area contributed by atoms with Crippen LogP contribution in [0.25, 0.3) is 0 Å². The number of carbonyl (C=O) groups is 1. The third-order valence-corrected chi connectivity index (χ3v) is 4.30. The number of hydrogen-bond donors (Lipinski definition) is 1. The predicted octanol–water partition coefficient (Wildman–Crippen LogP) is 1.91. The van der Waals surface area contributed by atoms with Crippen molar-refractivity contribution in [3.63, 3.8) is 0 Å². The molecule has 1 aliphatic rings. The van der Waals surface area contributed by atoms with E-state index >= 15 is 0 Å². The topological polar surface area (TPSA) is 49.6 Å². The van der Waals surface area contributed by atoms with Crippen LogP contribution in [0.1, 0.15) is 16.8 Å². The number of benzene rings is 1. The monoisotopic (exact) mass is 279 g/mol. The molecule has 1 saturated heterocycles. The van der Waals surface area contributed by atoms with Crippen molar-refractivity contribution in [2.75, 3.05) is 49.3 Å². The lowest BCUT2D eigenvalue weighted by atomic mass is 10.1. The van der Waals surface area contributed by atoms with Crippen molar-refractivity contribution in [1.29, 1.82) is 0 Å². The number of nitrogen functional groups attached to an aromatic ring is 1. The van der Waals surface area contributed by atoms with Gasteiger partial charge in [-0.1, -0.05) is 0 Å². The largest absolute Gasteiger partial charge is 0.397 e. The summed E-state index contributed by atoms with van der Waals surface area (Å²) in [7, 11) is 3.53. The number of thioether (sulfide) groups is 1. The third kappa shape index (κ3) is 3.35. The quantitative estimate of drug-likeness (QED) is 0.840. The second kappa shape index (κ2) is 6.19. The number of hydrogen-bond acceptors (Lipinski definition) is 4. The second-order valence-corrected chi connectivity index (χ2v) is 6.15. The summed E-state index contributed by atoms with van der Waals surface area (Å²) < 4.78 is 0. The molecule has 0 unspecified atom stereocenters. The fourth-order valence-corrected chi connectivity index (χ4v) is 3.08. The van der Waals surface area contributed by atoms with Crippen molar-refractivity contribution in [3.05, 3.63) is 23.8 Å². The minimum atomic E-state index is 0.0189. The number of anilines is 2. The van der Waals surface area contributed by atoms with E-state index in [1.165, 1.54) is 5.75 Å². The highest BCUT2D eigenvalue weighted by Gasteiger charge is 2.16. The Kier molecular flexibility index (Phi) is 4.58. The Balaban J connectivity index is 2.28. The van der Waals surface area contributed by atoms with Crippen LogP contribution in [0.2, 0.25) is 0 Å². The minimum absolute atomic E-state index is 0.0189. The van der Waals surface area contributed by atoms with Gasteiger partial charge in [0.15, 0.2) is 0 Å². The molecule has 5 heteroatoms. The molecule has 1 fully saturated rings. The highest BCUT2D eigenvalue weighted by atomic mass is 32.2. The molecule has 2 rings (SSSR count). The first kappa shape index (κ1) is 14.1. The Labute approximate surface area is 118 Å². The number of nitrogens with zero attached hydrogens (tertiary/aromatic N) is 2. The van der Waals surface area contributed by atoms with Gasteiger partial charge >= 0.3 is 0 Å². The van der Waals surface area contributed by atoms with Crippen LogP contribution in [0.3, 0.4) is 0 Å². The number of rotatable bonds is 2. The van der Waals surface area contributed by atoms with Crippen molar-refractivity contribution < 1.29 is 4.79 Å². The van der Waals surface area contributed by atoms with E-state index in [2.05, 4.69) is 4.90 Å². The van der Waals surface area contributed by atoms with Crippen LogP contribution in [0.15, 0.2) is 18.2 Å². The van der Waals surface area contributed by atoms with Crippen LogP contribution in [-0.4, -0.2) is 49.5 Å². The fraction of sp³-hybridized carbons (Fsp3) is 0.500. The summed E-state index contributed by atoms with van der Waals surface area (Å²) in [6.07, 6.45) is 1.16. The van der Waals surface area contributed by atoms with Gasteiger partial charge in [0.25, 0.3) is 5.91 Å². The maximum atomic E-state index is 12.0. The van der Waals surface area contributed by atoms with Crippen molar-refractivity contribution >= 4 is 29.0 Å². The molecule has 1 amide bonds. The van der Waals surface area contributed by atoms with Gasteiger partial charge in [-0.15, -0.1) is 0 Å². The zero-order chi connectivity index (χ0) is 13.8. The summed E-state index contributed by atoms with van der Waals surface area (Å²) >= 11 is 1.98. The molecule has 1 aliphatic heterocycles. The highest BCUT2D eigenvalue weighted by Crippen LogP contribution is 2.27. The molecule has 0 spiro atoms. The Morgan fingerprint density at radius 1 is 1.32 bits per heavy atom. The van der Waals surface area contributed by atoms with Crippen LogP contribution in [0.5, 0.6) is 0 Å². The van der Waals surface area contributed by atoms with Gasteiger partial charge in [-0.05, 0) is 30.4 Å². The minimum Gasteiger partial charge on any atom is -0.397 e. The molecule has 1 aromatic carbocycles. The van der Waals surface area contributed by atoms with Gasteiger partial charge < -0.3 is 15.5 Å². The average Bonchev–Trinajstić information content (AvgIpc) is 2.67. The Morgan fingerprint density at radius 2 is 2.11 bits per heavy atom. The molecule has 19 heavy (non-hydrogen) atoms. The van der Waals surface area contributed by atoms with Gasteiger partial charge in [0.05, 0.1) is 11.4 Å². The molecule has 1 aromatic rings. The SMILES string of the molecule is CN(C)C(=O)c1ccc(N)c(N2CCCSCC2)c1. The summed E-state index contributed by atoms with van der Waals surface area (Å²) in [4.78, 5) is 15.9. The molecule has 0 aromatic heterocycles. The van der Waals surface area contributed by atoms with E-state index in [0.717, 1.165) is 36.6 Å². The van der Waals surface area contributed by atoms with Crippen molar-refractivity contribution in [1.82, 2.24) is 4.90 Å². The molecule has 104 valence electrons. The molecule has 0 bridgehead atoms. The molecule has 0 atom stereocenters. The van der Waals surface area contributed by atoms with Gasteiger partial charge in [0.2, 0.25) is 0 Å². The summed E-state index contributed by atoms with van der Waals surface area (Å²) in [5, 5.41) is 0. The second-order valence-electron chi connectivity index (χ2n) is 4.93. The normalized spacial score (nSPS) is 16.0.